The van der Waals surface area contributed by atoms with Crippen molar-refractivity contribution in [3.05, 3.63) is 23.9 Å². The van der Waals surface area contributed by atoms with E-state index in [0.29, 0.717) is 6.61 Å². The number of rotatable bonds is 6. The maximum Gasteiger partial charge on any atom is 0.428 e. The molecule has 0 saturated carbocycles. The van der Waals surface area contributed by atoms with Gasteiger partial charge in [-0.1, -0.05) is 19.1 Å². The molecule has 0 aromatic rings. The molecule has 1 aliphatic rings. The molecule has 5 heteroatoms. The summed E-state index contributed by atoms with van der Waals surface area (Å²) in [6.45, 7) is 6.97. The summed E-state index contributed by atoms with van der Waals surface area (Å²) < 4.78 is 10.9. The van der Waals surface area contributed by atoms with Crippen molar-refractivity contribution < 1.29 is 14.3 Å². The fraction of sp³-hybridized carbons (Fsp3) is 0.688. The third-order valence-electron chi connectivity index (χ3n) is 3.35. The SMILES string of the molecule is CC/C=C\C=C(/C)N(C1CCCCO1)N(C)C(=O)OCC. The van der Waals surface area contributed by atoms with Gasteiger partial charge in [0.1, 0.15) is 6.23 Å². The Morgan fingerprint density at radius 3 is 2.71 bits per heavy atom. The van der Waals surface area contributed by atoms with E-state index in [9.17, 15) is 4.79 Å². The summed E-state index contributed by atoms with van der Waals surface area (Å²) >= 11 is 0. The van der Waals surface area contributed by atoms with Gasteiger partial charge in [-0.05, 0) is 45.6 Å². The average Bonchev–Trinajstić information content (AvgIpc) is 2.49. The predicted octanol–water partition coefficient (Wildman–Crippen LogP) is 3.69. The Hall–Kier alpha value is -1.49. The van der Waals surface area contributed by atoms with Gasteiger partial charge in [-0.25, -0.2) is 9.80 Å². The van der Waals surface area contributed by atoms with E-state index in [2.05, 4.69) is 13.0 Å². The second-order valence-electron chi connectivity index (χ2n) is 5.03. The first-order valence-electron chi connectivity index (χ1n) is 7.76. The smallest absolute Gasteiger partial charge is 0.428 e. The van der Waals surface area contributed by atoms with Crippen molar-refractivity contribution in [1.29, 1.82) is 0 Å². The predicted molar refractivity (Wildman–Crippen MR) is 83.4 cm³/mol. The maximum atomic E-state index is 12.0. The number of hydrogen-bond acceptors (Lipinski definition) is 4. The third-order valence-corrected chi connectivity index (χ3v) is 3.35. The van der Waals surface area contributed by atoms with E-state index in [4.69, 9.17) is 9.47 Å². The van der Waals surface area contributed by atoms with E-state index in [-0.39, 0.29) is 12.3 Å². The van der Waals surface area contributed by atoms with Gasteiger partial charge < -0.3 is 9.47 Å². The normalized spacial score (nSPS) is 19.6. The van der Waals surface area contributed by atoms with Crippen LogP contribution in [0, 0.1) is 0 Å². The van der Waals surface area contributed by atoms with Gasteiger partial charge in [-0.3, -0.25) is 5.01 Å². The number of carbonyl (C=O) groups excluding carboxylic acids is 1. The monoisotopic (exact) mass is 296 g/mol. The minimum Gasteiger partial charge on any atom is -0.448 e. The molecule has 1 saturated heterocycles. The van der Waals surface area contributed by atoms with Crippen LogP contribution in [0.2, 0.25) is 0 Å². The second kappa shape index (κ2) is 9.45. The molecule has 0 aromatic carbocycles. The number of nitrogens with zero attached hydrogens (tertiary/aromatic N) is 2. The summed E-state index contributed by atoms with van der Waals surface area (Å²) in [4.78, 5) is 12.0. The Morgan fingerprint density at radius 1 is 1.38 bits per heavy atom. The number of amides is 1. The molecule has 0 radical (unpaired) electrons. The maximum absolute atomic E-state index is 12.0. The molecule has 1 heterocycles. The topological polar surface area (TPSA) is 42.0 Å². The van der Waals surface area contributed by atoms with Gasteiger partial charge in [0, 0.05) is 19.4 Å². The summed E-state index contributed by atoms with van der Waals surface area (Å²) in [5.41, 5.74) is 0.960. The lowest BCUT2D eigenvalue weighted by Gasteiger charge is -2.40. The van der Waals surface area contributed by atoms with Crippen molar-refractivity contribution >= 4 is 6.09 Å². The molecule has 1 fully saturated rings. The molecule has 1 amide bonds. The van der Waals surface area contributed by atoms with Crippen LogP contribution in [0.25, 0.3) is 0 Å². The average molecular weight is 296 g/mol. The lowest BCUT2D eigenvalue weighted by molar-refractivity contribution is -0.141. The Bertz CT molecular complexity index is 374. The molecular weight excluding hydrogens is 268 g/mol. The molecule has 1 atom stereocenters. The molecule has 5 nitrogen and oxygen atoms in total. The highest BCUT2D eigenvalue weighted by molar-refractivity contribution is 5.66. The minimum absolute atomic E-state index is 0.112. The van der Waals surface area contributed by atoms with Crippen molar-refractivity contribution in [2.24, 2.45) is 0 Å². The van der Waals surface area contributed by atoms with E-state index >= 15 is 0 Å². The van der Waals surface area contributed by atoms with Crippen molar-refractivity contribution in [3.63, 3.8) is 0 Å². The molecule has 120 valence electrons. The van der Waals surface area contributed by atoms with Crippen LogP contribution in [0.5, 0.6) is 0 Å². The van der Waals surface area contributed by atoms with Gasteiger partial charge in [-0.2, -0.15) is 0 Å². The number of allylic oxidation sites excluding steroid dienone is 4. The van der Waals surface area contributed by atoms with E-state index < -0.39 is 0 Å². The molecule has 0 spiro atoms. The van der Waals surface area contributed by atoms with Crippen LogP contribution in [0.3, 0.4) is 0 Å². The van der Waals surface area contributed by atoms with Gasteiger partial charge >= 0.3 is 6.09 Å². The molecule has 1 rings (SSSR count). The van der Waals surface area contributed by atoms with Crippen LogP contribution in [-0.4, -0.2) is 42.6 Å². The Balaban J connectivity index is 2.89. The Labute approximate surface area is 128 Å². The zero-order valence-electron chi connectivity index (χ0n) is 13.7. The van der Waals surface area contributed by atoms with Crippen molar-refractivity contribution in [1.82, 2.24) is 10.0 Å². The molecule has 1 aliphatic heterocycles. The molecule has 0 N–H and O–H groups in total. The summed E-state index contributed by atoms with van der Waals surface area (Å²) in [5, 5.41) is 3.39. The fourth-order valence-electron chi connectivity index (χ4n) is 2.30. The number of hydrazine groups is 1. The summed E-state index contributed by atoms with van der Waals surface area (Å²) in [6.07, 6.45) is 9.68. The quantitative estimate of drug-likeness (QED) is 0.554. The van der Waals surface area contributed by atoms with Crippen LogP contribution in [0.1, 0.15) is 46.5 Å². The van der Waals surface area contributed by atoms with Crippen LogP contribution in [0.4, 0.5) is 4.79 Å². The van der Waals surface area contributed by atoms with E-state index in [1.165, 1.54) is 5.01 Å². The van der Waals surface area contributed by atoms with Crippen molar-refractivity contribution in [3.8, 4) is 0 Å². The van der Waals surface area contributed by atoms with Gasteiger partial charge in [-0.15, -0.1) is 0 Å². The van der Waals surface area contributed by atoms with Crippen LogP contribution in [-0.2, 0) is 9.47 Å². The second-order valence-corrected chi connectivity index (χ2v) is 5.03. The summed E-state index contributed by atoms with van der Waals surface area (Å²) in [5.74, 6) is 0. The van der Waals surface area contributed by atoms with Crippen LogP contribution < -0.4 is 0 Å². The Morgan fingerprint density at radius 2 is 2.14 bits per heavy atom. The first kappa shape index (κ1) is 17.6. The molecule has 0 aromatic heterocycles. The van der Waals surface area contributed by atoms with E-state index in [1.54, 1.807) is 14.0 Å². The van der Waals surface area contributed by atoms with Crippen LogP contribution >= 0.6 is 0 Å². The number of ether oxygens (including phenoxy) is 2. The molecule has 0 aliphatic carbocycles. The van der Waals surface area contributed by atoms with Crippen LogP contribution in [0.15, 0.2) is 23.9 Å². The highest BCUT2D eigenvalue weighted by Gasteiger charge is 2.28. The first-order chi connectivity index (χ1) is 10.1. The third kappa shape index (κ3) is 5.42. The lowest BCUT2D eigenvalue weighted by atomic mass is 10.1. The van der Waals surface area contributed by atoms with E-state index in [0.717, 1.165) is 38.0 Å². The molecular formula is C16H28N2O3. The molecule has 0 bridgehead atoms. The highest BCUT2D eigenvalue weighted by Crippen LogP contribution is 2.22. The summed E-state index contributed by atoms with van der Waals surface area (Å²) in [7, 11) is 1.72. The lowest BCUT2D eigenvalue weighted by Crippen LogP contribution is -2.50. The Kier molecular flexibility index (Phi) is 7.90. The highest BCUT2D eigenvalue weighted by atomic mass is 16.6. The first-order valence-corrected chi connectivity index (χ1v) is 7.76. The number of hydrogen-bond donors (Lipinski definition) is 0. The van der Waals surface area contributed by atoms with Crippen molar-refractivity contribution in [2.75, 3.05) is 20.3 Å². The van der Waals surface area contributed by atoms with Gasteiger partial charge in [0.2, 0.25) is 0 Å². The fourth-order valence-corrected chi connectivity index (χ4v) is 2.30. The minimum atomic E-state index is -0.362. The van der Waals surface area contributed by atoms with Gasteiger partial charge in [0.05, 0.1) is 6.61 Å². The molecule has 1 unspecified atom stereocenters. The summed E-state index contributed by atoms with van der Waals surface area (Å²) in [6, 6.07) is 0. The standard InChI is InChI=1S/C16H28N2O3/c1-5-7-8-11-14(3)18(15-12-9-10-13-21-15)17(4)16(19)20-6-2/h7-8,11,15H,5-6,9-10,12-13H2,1-4H3/b8-7-,14-11+. The van der Waals surface area contributed by atoms with Gasteiger partial charge in [0.15, 0.2) is 0 Å². The molecule has 21 heavy (non-hydrogen) atoms. The van der Waals surface area contributed by atoms with Gasteiger partial charge in [0.25, 0.3) is 0 Å². The zero-order chi connectivity index (χ0) is 15.7. The zero-order valence-corrected chi connectivity index (χ0v) is 13.7. The largest absolute Gasteiger partial charge is 0.448 e. The van der Waals surface area contributed by atoms with Crippen molar-refractivity contribution in [2.45, 2.75) is 52.7 Å². The van der Waals surface area contributed by atoms with E-state index in [1.807, 2.05) is 24.1 Å². The number of carbonyl (C=O) groups is 1.